The predicted octanol–water partition coefficient (Wildman–Crippen LogP) is 2.87. The highest BCUT2D eigenvalue weighted by Crippen LogP contribution is 2.48. The zero-order valence-corrected chi connectivity index (χ0v) is 18.7. The van der Waals surface area contributed by atoms with Crippen molar-refractivity contribution in [2.75, 3.05) is 6.61 Å². The quantitative estimate of drug-likeness (QED) is 0.356. The molecule has 1 aliphatic heterocycles. The average molecular weight is 437 g/mol. The molecule has 0 aromatic rings. The number of rotatable bonds is 6. The Hall–Kier alpha value is -2.38. The molecule has 0 N–H and O–H groups in total. The maximum absolute atomic E-state index is 13.2. The molecule has 0 aromatic heterocycles. The average Bonchev–Trinajstić information content (AvgIpc) is 3.28. The molecule has 172 valence electrons. The van der Waals surface area contributed by atoms with Crippen molar-refractivity contribution in [3.63, 3.8) is 0 Å². The van der Waals surface area contributed by atoms with Gasteiger partial charge in [0.05, 0.1) is 11.8 Å². The summed E-state index contributed by atoms with van der Waals surface area (Å²) in [5, 5.41) is 0. The van der Waals surface area contributed by atoms with Crippen molar-refractivity contribution in [2.24, 2.45) is 17.3 Å². The number of carbonyl (C=O) groups is 4. The number of carbonyl (C=O) groups excluding carboxylic acids is 4. The number of hydrogen-bond donors (Lipinski definition) is 0. The molecule has 2 aliphatic carbocycles. The molecule has 0 amide bonds. The molecule has 3 rings (SSSR count). The maximum Gasteiger partial charge on any atom is 0.344 e. The van der Waals surface area contributed by atoms with E-state index < -0.39 is 60.1 Å². The van der Waals surface area contributed by atoms with Crippen molar-refractivity contribution >= 4 is 23.9 Å². The first kappa shape index (κ1) is 23.3. The normalized spacial score (nSPS) is 29.1. The Balaban J connectivity index is 1.67. The van der Waals surface area contributed by atoms with Gasteiger partial charge in [-0.05, 0) is 32.6 Å². The van der Waals surface area contributed by atoms with Gasteiger partial charge in [-0.2, -0.15) is 0 Å². The fourth-order valence-corrected chi connectivity index (χ4v) is 4.81. The summed E-state index contributed by atoms with van der Waals surface area (Å²) in [6.07, 6.45) is 2.61. The molecule has 2 saturated carbocycles. The summed E-state index contributed by atoms with van der Waals surface area (Å²) in [6, 6.07) is 0. The molecular formula is C23H32O8. The van der Waals surface area contributed by atoms with Crippen molar-refractivity contribution < 1.29 is 38.1 Å². The third-order valence-corrected chi connectivity index (χ3v) is 6.77. The minimum Gasteiger partial charge on any atom is -0.458 e. The molecule has 3 fully saturated rings. The standard InChI is InChI=1S/C23H32O8/c1-13(2)19(25)28-12-18(24)29-16-11-15(14-10-17(16)30-20(14)26)21(27)31-23(22(3,4)5)8-6-7-9-23/h14-17H,1,6-12H2,2-5H3. The Kier molecular flexibility index (Phi) is 6.48. The lowest BCUT2D eigenvalue weighted by molar-refractivity contribution is -0.184. The van der Waals surface area contributed by atoms with Crippen LogP contribution in [0.1, 0.15) is 66.2 Å². The van der Waals surface area contributed by atoms with Crippen molar-refractivity contribution in [3.8, 4) is 0 Å². The highest BCUT2D eigenvalue weighted by atomic mass is 16.6. The van der Waals surface area contributed by atoms with Crippen LogP contribution in [0, 0.1) is 17.3 Å². The van der Waals surface area contributed by atoms with Gasteiger partial charge in [-0.25, -0.2) is 9.59 Å². The van der Waals surface area contributed by atoms with E-state index in [1.807, 2.05) is 0 Å². The molecule has 8 nitrogen and oxygen atoms in total. The second kappa shape index (κ2) is 8.63. The maximum atomic E-state index is 13.2. The Labute approximate surface area is 182 Å². The number of fused-ring (bicyclic) bond motifs is 2. The number of ether oxygens (including phenoxy) is 4. The van der Waals surface area contributed by atoms with Crippen LogP contribution < -0.4 is 0 Å². The van der Waals surface area contributed by atoms with E-state index in [-0.39, 0.29) is 17.4 Å². The number of esters is 4. The van der Waals surface area contributed by atoms with Gasteiger partial charge >= 0.3 is 23.9 Å². The summed E-state index contributed by atoms with van der Waals surface area (Å²) in [5.41, 5.74) is -0.627. The first-order valence-electron chi connectivity index (χ1n) is 10.9. The van der Waals surface area contributed by atoms with Crippen LogP contribution >= 0.6 is 0 Å². The van der Waals surface area contributed by atoms with Crippen LogP contribution in [0.5, 0.6) is 0 Å². The van der Waals surface area contributed by atoms with Gasteiger partial charge in [0.1, 0.15) is 17.8 Å². The Bertz CT molecular complexity index is 771. The molecule has 3 aliphatic rings. The second-order valence-corrected chi connectivity index (χ2v) is 9.92. The van der Waals surface area contributed by atoms with Crippen molar-refractivity contribution in [1.82, 2.24) is 0 Å². The number of hydrogen-bond acceptors (Lipinski definition) is 8. The van der Waals surface area contributed by atoms with Crippen LogP contribution in [0.25, 0.3) is 0 Å². The van der Waals surface area contributed by atoms with E-state index in [0.29, 0.717) is 6.42 Å². The molecule has 0 radical (unpaired) electrons. The van der Waals surface area contributed by atoms with Gasteiger partial charge in [0.2, 0.25) is 0 Å². The van der Waals surface area contributed by atoms with Crippen LogP contribution in [-0.4, -0.2) is 48.3 Å². The van der Waals surface area contributed by atoms with Crippen LogP contribution in [0.15, 0.2) is 12.2 Å². The lowest BCUT2D eigenvalue weighted by atomic mass is 9.74. The summed E-state index contributed by atoms with van der Waals surface area (Å²) >= 11 is 0. The van der Waals surface area contributed by atoms with Gasteiger partial charge in [0, 0.05) is 23.8 Å². The van der Waals surface area contributed by atoms with E-state index in [4.69, 9.17) is 18.9 Å². The Morgan fingerprint density at radius 2 is 1.81 bits per heavy atom. The summed E-state index contributed by atoms with van der Waals surface area (Å²) in [7, 11) is 0. The van der Waals surface area contributed by atoms with E-state index in [0.717, 1.165) is 25.7 Å². The van der Waals surface area contributed by atoms with E-state index in [9.17, 15) is 19.2 Å². The van der Waals surface area contributed by atoms with E-state index in [1.165, 1.54) is 6.92 Å². The summed E-state index contributed by atoms with van der Waals surface area (Å²) in [4.78, 5) is 49.2. The van der Waals surface area contributed by atoms with Gasteiger partial charge in [-0.1, -0.05) is 27.4 Å². The SMILES string of the molecule is C=C(C)C(=O)OCC(=O)OC1CC(C(=O)OC2(C(C)(C)C)CCCC2)C2CC1OC2=O. The van der Waals surface area contributed by atoms with Crippen LogP contribution in [0.4, 0.5) is 0 Å². The van der Waals surface area contributed by atoms with Crippen LogP contribution in [0.2, 0.25) is 0 Å². The minimum atomic E-state index is -0.787. The summed E-state index contributed by atoms with van der Waals surface area (Å²) in [6.45, 7) is 10.5. The van der Waals surface area contributed by atoms with Gasteiger partial charge < -0.3 is 18.9 Å². The fourth-order valence-electron chi connectivity index (χ4n) is 4.81. The molecule has 4 atom stereocenters. The lowest BCUT2D eigenvalue weighted by Gasteiger charge is -2.42. The Morgan fingerprint density at radius 1 is 1.16 bits per heavy atom. The summed E-state index contributed by atoms with van der Waals surface area (Å²) in [5.74, 6) is -3.69. The summed E-state index contributed by atoms with van der Waals surface area (Å²) < 4.78 is 21.7. The zero-order chi connectivity index (χ0) is 23.0. The molecule has 0 spiro atoms. The zero-order valence-electron chi connectivity index (χ0n) is 18.7. The lowest BCUT2D eigenvalue weighted by Crippen LogP contribution is -2.48. The van der Waals surface area contributed by atoms with E-state index in [1.54, 1.807) is 0 Å². The molecular weight excluding hydrogens is 404 g/mol. The van der Waals surface area contributed by atoms with Gasteiger partial charge in [0.25, 0.3) is 0 Å². The molecule has 0 aromatic carbocycles. The highest BCUT2D eigenvalue weighted by Gasteiger charge is 2.55. The van der Waals surface area contributed by atoms with Gasteiger partial charge in [-0.3, -0.25) is 9.59 Å². The molecule has 2 bridgehead atoms. The first-order valence-corrected chi connectivity index (χ1v) is 10.9. The highest BCUT2D eigenvalue weighted by molar-refractivity contribution is 5.88. The topological polar surface area (TPSA) is 105 Å². The smallest absolute Gasteiger partial charge is 0.344 e. The largest absolute Gasteiger partial charge is 0.458 e. The van der Waals surface area contributed by atoms with Gasteiger partial charge in [-0.15, -0.1) is 0 Å². The monoisotopic (exact) mass is 436 g/mol. The first-order chi connectivity index (χ1) is 14.4. The van der Waals surface area contributed by atoms with E-state index in [2.05, 4.69) is 27.4 Å². The van der Waals surface area contributed by atoms with Crippen molar-refractivity contribution in [3.05, 3.63) is 12.2 Å². The van der Waals surface area contributed by atoms with Crippen molar-refractivity contribution in [1.29, 1.82) is 0 Å². The Morgan fingerprint density at radius 3 is 2.39 bits per heavy atom. The fraction of sp³-hybridized carbons (Fsp3) is 0.739. The predicted molar refractivity (Wildman–Crippen MR) is 108 cm³/mol. The van der Waals surface area contributed by atoms with Crippen LogP contribution in [0.3, 0.4) is 0 Å². The molecule has 1 saturated heterocycles. The third kappa shape index (κ3) is 4.77. The van der Waals surface area contributed by atoms with Crippen molar-refractivity contribution in [2.45, 2.75) is 84.0 Å². The third-order valence-electron chi connectivity index (χ3n) is 6.77. The molecule has 1 heterocycles. The minimum absolute atomic E-state index is 0.139. The second-order valence-electron chi connectivity index (χ2n) is 9.92. The van der Waals surface area contributed by atoms with Gasteiger partial charge in [0.15, 0.2) is 6.61 Å². The molecule has 31 heavy (non-hydrogen) atoms. The van der Waals surface area contributed by atoms with Crippen LogP contribution in [-0.2, 0) is 38.1 Å². The molecule has 8 heteroatoms. The van der Waals surface area contributed by atoms with E-state index >= 15 is 0 Å². The molecule has 4 unspecified atom stereocenters.